The molecule has 0 bridgehead atoms. The number of aliphatic carboxylic acids is 2. The summed E-state index contributed by atoms with van der Waals surface area (Å²) >= 11 is 0. The van der Waals surface area contributed by atoms with Gasteiger partial charge in [-0.2, -0.15) is 0 Å². The molecule has 0 saturated heterocycles. The fraction of sp³-hybridized carbons (Fsp3) is 0.421. The number of phenols is 2. The fourth-order valence-electron chi connectivity index (χ4n) is 4.56. The molecule has 0 atom stereocenters. The minimum absolute atomic E-state index is 0. The summed E-state index contributed by atoms with van der Waals surface area (Å²) in [7, 11) is 0. The Bertz CT molecular complexity index is 1370. The number of aromatic hydroxyl groups is 2. The number of rotatable bonds is 12. The summed E-state index contributed by atoms with van der Waals surface area (Å²) in [6.07, 6.45) is 9.99. The number of hydrogen-bond acceptors (Lipinski definition) is 8. The largest absolute Gasteiger partial charge is 2.00 e. The fourth-order valence-corrected chi connectivity index (χ4v) is 4.56. The minimum Gasteiger partial charge on any atom is -0.550 e. The number of carboxylic acid groups (broad SMARTS) is 2. The van der Waals surface area contributed by atoms with Gasteiger partial charge in [0.25, 0.3) is 0 Å². The van der Waals surface area contributed by atoms with E-state index in [1.807, 2.05) is 36.4 Å². The number of aryl methyl sites for hydroxylation is 2. The van der Waals surface area contributed by atoms with Crippen LogP contribution in [0.5, 0.6) is 11.5 Å². The van der Waals surface area contributed by atoms with Crippen molar-refractivity contribution in [1.82, 2.24) is 0 Å². The molecule has 257 valence electrons. The predicted molar refractivity (Wildman–Crippen MR) is 184 cm³/mol. The van der Waals surface area contributed by atoms with E-state index in [0.717, 1.165) is 86.0 Å². The summed E-state index contributed by atoms with van der Waals surface area (Å²) in [5.74, 6) is -1.10. The van der Waals surface area contributed by atoms with E-state index >= 15 is 0 Å². The maximum absolute atomic E-state index is 10.9. The van der Waals surface area contributed by atoms with Crippen molar-refractivity contribution in [2.24, 2.45) is 9.98 Å². The number of carbonyl (C=O) groups excluding carboxylic acids is 2. The molecule has 0 aliphatic heterocycles. The molecule has 0 heterocycles. The van der Waals surface area contributed by atoms with E-state index in [2.05, 4.69) is 63.7 Å². The van der Waals surface area contributed by atoms with Gasteiger partial charge in [0.15, 0.2) is 0 Å². The van der Waals surface area contributed by atoms with Gasteiger partial charge in [0, 0.05) is 35.5 Å². The summed E-state index contributed by atoms with van der Waals surface area (Å²) in [5.41, 5.74) is 7.38. The molecule has 0 aliphatic carbocycles. The summed E-state index contributed by atoms with van der Waals surface area (Å²) in [6.45, 7) is 14.7. The third-order valence-corrected chi connectivity index (χ3v) is 6.87. The average molecular weight is 690 g/mol. The number of phenolic OH excluding ortho intramolecular Hbond substituents is 2. The van der Waals surface area contributed by atoms with Crippen LogP contribution in [-0.2, 0) is 39.2 Å². The normalized spacial score (nSPS) is 10.8. The molecule has 3 aromatic carbocycles. The number of unbranched alkanes of at least 4 members (excludes halogenated alkanes) is 2. The maximum Gasteiger partial charge on any atom is 2.00 e. The Hall–Kier alpha value is -3.95. The zero-order valence-corrected chi connectivity index (χ0v) is 30.0. The van der Waals surface area contributed by atoms with Gasteiger partial charge in [0.05, 0.1) is 11.4 Å². The number of carbonyl (C=O) groups is 2. The van der Waals surface area contributed by atoms with E-state index in [1.165, 1.54) is 11.1 Å². The number of carboxylic acids is 2. The third-order valence-electron chi connectivity index (χ3n) is 6.87. The standard InChI is InChI=1S/C34H44N2O2.2C2H4O2.Co/c1-7-9-12-25-16-27(33(37)31(18-25)23(3)4)21-35-29-14-11-15-30(20-29)36-22-28-17-26(13-10-8-2)19-32(24(5)6)34(28)38;2*1-2(3)4;/h11,14-24,37-38H,7-10,12-13H2,1-6H3;2*1H3,(H,3,4);/q;;;+2/p-2. The van der Waals surface area contributed by atoms with Crippen molar-refractivity contribution in [1.29, 1.82) is 0 Å². The van der Waals surface area contributed by atoms with Crippen molar-refractivity contribution in [3.05, 3.63) is 81.9 Å². The second-order valence-corrected chi connectivity index (χ2v) is 11.8. The van der Waals surface area contributed by atoms with Crippen LogP contribution in [-0.4, -0.2) is 34.6 Å². The van der Waals surface area contributed by atoms with Crippen LogP contribution in [0.3, 0.4) is 0 Å². The Morgan fingerprint density at radius 1 is 0.702 bits per heavy atom. The van der Waals surface area contributed by atoms with E-state index in [4.69, 9.17) is 19.8 Å². The van der Waals surface area contributed by atoms with Crippen molar-refractivity contribution in [2.45, 2.75) is 106 Å². The minimum atomic E-state index is -1.08. The summed E-state index contributed by atoms with van der Waals surface area (Å²) < 4.78 is 0. The first kappa shape index (κ1) is 43.0. The van der Waals surface area contributed by atoms with Gasteiger partial charge in [-0.05, 0) is 104 Å². The van der Waals surface area contributed by atoms with Gasteiger partial charge in [0.1, 0.15) is 11.5 Å². The van der Waals surface area contributed by atoms with Gasteiger partial charge in [-0.15, -0.1) is 0 Å². The number of aliphatic imine (C=N–C) groups is 2. The van der Waals surface area contributed by atoms with Gasteiger partial charge in [-0.3, -0.25) is 9.98 Å². The molecule has 0 saturated carbocycles. The molecule has 2 N–H and O–H groups in total. The van der Waals surface area contributed by atoms with Gasteiger partial charge in [0.2, 0.25) is 0 Å². The van der Waals surface area contributed by atoms with E-state index in [1.54, 1.807) is 12.4 Å². The molecule has 9 heteroatoms. The molecule has 0 unspecified atom stereocenters. The molecule has 3 rings (SSSR count). The second kappa shape index (κ2) is 22.6. The second-order valence-electron chi connectivity index (χ2n) is 11.8. The van der Waals surface area contributed by atoms with Gasteiger partial charge in [-0.1, -0.05) is 72.6 Å². The first-order valence-corrected chi connectivity index (χ1v) is 15.9. The van der Waals surface area contributed by atoms with Crippen LogP contribution >= 0.6 is 0 Å². The number of benzene rings is 3. The molecule has 0 aromatic heterocycles. The number of hydrogen-bond donors (Lipinski definition) is 2. The summed E-state index contributed by atoms with van der Waals surface area (Å²) in [4.78, 5) is 27.1. The third kappa shape index (κ3) is 16.4. The van der Waals surface area contributed by atoms with Crippen molar-refractivity contribution >= 4 is 35.7 Å². The van der Waals surface area contributed by atoms with E-state index in [0.29, 0.717) is 11.5 Å². The molecule has 0 amide bonds. The van der Waals surface area contributed by atoms with Crippen LogP contribution < -0.4 is 10.2 Å². The molecule has 0 spiro atoms. The maximum atomic E-state index is 10.9. The molecule has 3 aromatic rings. The topological polar surface area (TPSA) is 145 Å². The zero-order chi connectivity index (χ0) is 34.8. The first-order valence-electron chi connectivity index (χ1n) is 15.9. The van der Waals surface area contributed by atoms with Crippen molar-refractivity contribution < 1.29 is 46.8 Å². The Morgan fingerprint density at radius 2 is 1.04 bits per heavy atom. The molecule has 1 radical (unpaired) electrons. The Morgan fingerprint density at radius 3 is 1.34 bits per heavy atom. The summed E-state index contributed by atoms with van der Waals surface area (Å²) in [6, 6.07) is 16.0. The van der Waals surface area contributed by atoms with E-state index in [-0.39, 0.29) is 28.6 Å². The molecule has 0 aliphatic rings. The van der Waals surface area contributed by atoms with Crippen LogP contribution in [0.1, 0.15) is 126 Å². The SMILES string of the molecule is CC(=O)[O-].CC(=O)[O-].CCCCc1cc(C=Nc2cccc(N=Cc3cc(CCCC)cc(C(C)C)c3O)c2)c(O)c(C(C)C)c1.[Co+2]. The van der Waals surface area contributed by atoms with Crippen LogP contribution in [0.25, 0.3) is 0 Å². The van der Waals surface area contributed by atoms with Gasteiger partial charge in [-0.25, -0.2) is 0 Å². The molecular formula is C38H50CoN2O6. The Kier molecular flexibility index (Phi) is 20.7. The molecule has 8 nitrogen and oxygen atoms in total. The zero-order valence-electron chi connectivity index (χ0n) is 28.9. The average Bonchev–Trinajstić information content (AvgIpc) is 2.98. The van der Waals surface area contributed by atoms with Crippen LogP contribution in [0.15, 0.2) is 58.5 Å². The summed E-state index contributed by atoms with van der Waals surface area (Å²) in [5, 5.41) is 39.5. The van der Waals surface area contributed by atoms with Crippen molar-refractivity contribution in [2.75, 3.05) is 0 Å². The number of nitrogens with zero attached hydrogens (tertiary/aromatic N) is 2. The monoisotopic (exact) mass is 689 g/mol. The van der Waals surface area contributed by atoms with Crippen molar-refractivity contribution in [3.63, 3.8) is 0 Å². The van der Waals surface area contributed by atoms with Crippen molar-refractivity contribution in [3.8, 4) is 11.5 Å². The van der Waals surface area contributed by atoms with Crippen LogP contribution in [0.2, 0.25) is 0 Å². The molecular weight excluding hydrogens is 639 g/mol. The van der Waals surface area contributed by atoms with E-state index < -0.39 is 11.9 Å². The Balaban J connectivity index is 0.00000211. The smallest absolute Gasteiger partial charge is 0.550 e. The first-order chi connectivity index (χ1) is 21.7. The predicted octanol–water partition coefficient (Wildman–Crippen LogP) is 7.04. The van der Waals surface area contributed by atoms with Gasteiger partial charge < -0.3 is 30.0 Å². The van der Waals surface area contributed by atoms with Crippen LogP contribution in [0, 0.1) is 0 Å². The quantitative estimate of drug-likeness (QED) is 0.195. The van der Waals surface area contributed by atoms with E-state index in [9.17, 15) is 10.2 Å². The van der Waals surface area contributed by atoms with Gasteiger partial charge >= 0.3 is 16.8 Å². The molecule has 0 fully saturated rings. The van der Waals surface area contributed by atoms with Crippen LogP contribution in [0.4, 0.5) is 11.4 Å². The Labute approximate surface area is 290 Å². The molecule has 47 heavy (non-hydrogen) atoms.